The van der Waals surface area contributed by atoms with Gasteiger partial charge in [0.2, 0.25) is 0 Å². The fourth-order valence-corrected chi connectivity index (χ4v) is 2.62. The van der Waals surface area contributed by atoms with Gasteiger partial charge < -0.3 is 4.90 Å². The van der Waals surface area contributed by atoms with E-state index in [1.807, 2.05) is 24.3 Å². The van der Waals surface area contributed by atoms with Crippen LogP contribution in [0.4, 0.5) is 0 Å². The van der Waals surface area contributed by atoms with E-state index < -0.39 is 0 Å². The third-order valence-corrected chi connectivity index (χ3v) is 3.89. The van der Waals surface area contributed by atoms with Gasteiger partial charge in [0.1, 0.15) is 6.04 Å². The number of rotatable bonds is 3. The summed E-state index contributed by atoms with van der Waals surface area (Å²) in [6.07, 6.45) is 0. The molecule has 0 aromatic heterocycles. The smallest absolute Gasteiger partial charge is 0.125 e. The van der Waals surface area contributed by atoms with Crippen molar-refractivity contribution < 1.29 is 0 Å². The minimum atomic E-state index is -0.224. The van der Waals surface area contributed by atoms with Crippen molar-refractivity contribution in [3.63, 3.8) is 0 Å². The van der Waals surface area contributed by atoms with Crippen molar-refractivity contribution in [2.24, 2.45) is 0 Å². The number of halogens is 1. The van der Waals surface area contributed by atoms with E-state index in [0.717, 1.165) is 38.3 Å². The predicted octanol–water partition coefficient (Wildman–Crippen LogP) is 2.54. The molecule has 0 spiro atoms. The Hall–Kier alpha value is -1.08. The molecular formula is C14H18ClN3. The van der Waals surface area contributed by atoms with Gasteiger partial charge in [-0.3, -0.25) is 4.90 Å². The monoisotopic (exact) mass is 263 g/mol. The Bertz CT molecular complexity index is 433. The number of benzene rings is 1. The second kappa shape index (κ2) is 6.19. The molecule has 1 heterocycles. The topological polar surface area (TPSA) is 30.3 Å². The van der Waals surface area contributed by atoms with Crippen LogP contribution >= 0.6 is 11.6 Å². The lowest BCUT2D eigenvalue weighted by Gasteiger charge is -2.36. The molecule has 4 heteroatoms. The Morgan fingerprint density at radius 2 is 1.94 bits per heavy atom. The summed E-state index contributed by atoms with van der Waals surface area (Å²) in [4.78, 5) is 4.62. The summed E-state index contributed by atoms with van der Waals surface area (Å²) in [5.74, 6) is 0. The Morgan fingerprint density at radius 1 is 1.28 bits per heavy atom. The first kappa shape index (κ1) is 13.4. The van der Waals surface area contributed by atoms with E-state index in [-0.39, 0.29) is 6.04 Å². The molecule has 1 aliphatic rings. The summed E-state index contributed by atoms with van der Waals surface area (Å²) in [5.41, 5.74) is 0.923. The number of likely N-dealkylation sites (N-methyl/N-ethyl adjacent to an activating group) is 1. The van der Waals surface area contributed by atoms with Crippen molar-refractivity contribution >= 4 is 11.6 Å². The summed E-state index contributed by atoms with van der Waals surface area (Å²) < 4.78 is 0. The molecule has 0 N–H and O–H groups in total. The van der Waals surface area contributed by atoms with E-state index in [1.165, 1.54) is 0 Å². The van der Waals surface area contributed by atoms with Crippen LogP contribution in [-0.2, 0) is 0 Å². The summed E-state index contributed by atoms with van der Waals surface area (Å²) in [6.45, 7) is 7.16. The van der Waals surface area contributed by atoms with Crippen LogP contribution < -0.4 is 0 Å². The molecule has 1 aromatic rings. The second-order valence-corrected chi connectivity index (χ2v) is 4.93. The average Bonchev–Trinajstić information content (AvgIpc) is 2.42. The lowest BCUT2D eigenvalue weighted by molar-refractivity contribution is 0.118. The van der Waals surface area contributed by atoms with Gasteiger partial charge in [0.15, 0.2) is 0 Å². The zero-order valence-corrected chi connectivity index (χ0v) is 11.4. The van der Waals surface area contributed by atoms with Crippen LogP contribution in [-0.4, -0.2) is 42.5 Å². The molecular weight excluding hydrogens is 246 g/mol. The number of nitriles is 1. The van der Waals surface area contributed by atoms with Gasteiger partial charge in [0.25, 0.3) is 0 Å². The van der Waals surface area contributed by atoms with Crippen molar-refractivity contribution in [3.8, 4) is 6.07 Å². The van der Waals surface area contributed by atoms with E-state index in [4.69, 9.17) is 11.6 Å². The lowest BCUT2D eigenvalue weighted by Crippen LogP contribution is -2.47. The molecule has 1 unspecified atom stereocenters. The zero-order valence-electron chi connectivity index (χ0n) is 10.6. The van der Waals surface area contributed by atoms with Crippen molar-refractivity contribution in [1.29, 1.82) is 5.26 Å². The maximum atomic E-state index is 9.42. The van der Waals surface area contributed by atoms with Gasteiger partial charge in [-0.2, -0.15) is 5.26 Å². The van der Waals surface area contributed by atoms with Gasteiger partial charge in [-0.25, -0.2) is 0 Å². The summed E-state index contributed by atoms with van der Waals surface area (Å²) in [7, 11) is 0. The first-order chi connectivity index (χ1) is 8.76. The second-order valence-electron chi connectivity index (χ2n) is 4.52. The van der Waals surface area contributed by atoms with Crippen molar-refractivity contribution in [2.75, 3.05) is 32.7 Å². The summed E-state index contributed by atoms with van der Waals surface area (Å²) in [6, 6.07) is 9.79. The third-order valence-electron chi connectivity index (χ3n) is 3.54. The SMILES string of the molecule is CCN1CCN(C(C#N)c2ccccc2Cl)CC1. The Morgan fingerprint density at radius 3 is 2.50 bits per heavy atom. The number of piperazine rings is 1. The predicted molar refractivity (Wildman–Crippen MR) is 73.5 cm³/mol. The molecule has 0 radical (unpaired) electrons. The lowest BCUT2D eigenvalue weighted by atomic mass is 10.1. The fraction of sp³-hybridized carbons (Fsp3) is 0.500. The number of hydrogen-bond donors (Lipinski definition) is 0. The van der Waals surface area contributed by atoms with Gasteiger partial charge >= 0.3 is 0 Å². The van der Waals surface area contributed by atoms with E-state index in [0.29, 0.717) is 5.02 Å². The summed E-state index contributed by atoms with van der Waals surface area (Å²) >= 11 is 6.18. The van der Waals surface area contributed by atoms with Crippen LogP contribution in [0.5, 0.6) is 0 Å². The maximum Gasteiger partial charge on any atom is 0.125 e. The third kappa shape index (κ3) is 2.84. The molecule has 3 nitrogen and oxygen atoms in total. The van der Waals surface area contributed by atoms with Crippen LogP contribution in [0.15, 0.2) is 24.3 Å². The Kier molecular flexibility index (Phi) is 4.60. The molecule has 2 rings (SSSR count). The molecule has 1 atom stereocenters. The molecule has 18 heavy (non-hydrogen) atoms. The molecule has 0 saturated carbocycles. The first-order valence-corrected chi connectivity index (χ1v) is 6.74. The molecule has 1 fully saturated rings. The minimum absolute atomic E-state index is 0.224. The molecule has 0 bridgehead atoms. The van der Waals surface area contributed by atoms with E-state index in [1.54, 1.807) is 0 Å². The van der Waals surface area contributed by atoms with Crippen molar-refractivity contribution in [3.05, 3.63) is 34.9 Å². The Balaban J connectivity index is 2.11. The molecule has 1 aromatic carbocycles. The first-order valence-electron chi connectivity index (χ1n) is 6.36. The number of nitrogens with zero attached hydrogens (tertiary/aromatic N) is 3. The highest BCUT2D eigenvalue weighted by Gasteiger charge is 2.25. The van der Waals surface area contributed by atoms with Crippen molar-refractivity contribution in [2.45, 2.75) is 13.0 Å². The van der Waals surface area contributed by atoms with Crippen LogP contribution in [0.3, 0.4) is 0 Å². The highest BCUT2D eigenvalue weighted by atomic mass is 35.5. The fourth-order valence-electron chi connectivity index (χ4n) is 2.38. The van der Waals surface area contributed by atoms with Gasteiger partial charge in [-0.05, 0) is 12.6 Å². The average molecular weight is 264 g/mol. The molecule has 0 amide bonds. The van der Waals surface area contributed by atoms with Gasteiger partial charge in [-0.15, -0.1) is 0 Å². The standard InChI is InChI=1S/C14H18ClN3/c1-2-17-7-9-18(10-8-17)14(11-16)12-5-3-4-6-13(12)15/h3-6,14H,2,7-10H2,1H3. The molecule has 0 aliphatic carbocycles. The molecule has 1 aliphatic heterocycles. The van der Waals surface area contributed by atoms with E-state index >= 15 is 0 Å². The minimum Gasteiger partial charge on any atom is -0.301 e. The molecule has 1 saturated heterocycles. The highest BCUT2D eigenvalue weighted by Crippen LogP contribution is 2.27. The maximum absolute atomic E-state index is 9.42. The van der Waals surface area contributed by atoms with Crippen LogP contribution in [0.1, 0.15) is 18.5 Å². The normalized spacial score (nSPS) is 19.4. The Labute approximate surface area is 114 Å². The summed E-state index contributed by atoms with van der Waals surface area (Å²) in [5, 5.41) is 10.1. The van der Waals surface area contributed by atoms with E-state index in [2.05, 4.69) is 22.8 Å². The van der Waals surface area contributed by atoms with Crippen LogP contribution in [0, 0.1) is 11.3 Å². The largest absolute Gasteiger partial charge is 0.301 e. The quantitative estimate of drug-likeness (QED) is 0.840. The number of hydrogen-bond acceptors (Lipinski definition) is 3. The zero-order chi connectivity index (χ0) is 13.0. The van der Waals surface area contributed by atoms with Crippen molar-refractivity contribution in [1.82, 2.24) is 9.80 Å². The van der Waals surface area contributed by atoms with Crippen LogP contribution in [0.25, 0.3) is 0 Å². The van der Waals surface area contributed by atoms with Crippen LogP contribution in [0.2, 0.25) is 5.02 Å². The highest BCUT2D eigenvalue weighted by molar-refractivity contribution is 6.31. The van der Waals surface area contributed by atoms with Gasteiger partial charge in [0.05, 0.1) is 6.07 Å². The van der Waals surface area contributed by atoms with Gasteiger partial charge in [-0.1, -0.05) is 36.7 Å². The molecule has 96 valence electrons. The van der Waals surface area contributed by atoms with E-state index in [9.17, 15) is 5.26 Å². The van der Waals surface area contributed by atoms with Gasteiger partial charge in [0, 0.05) is 36.8 Å².